The Labute approximate surface area is 145 Å². The number of hydrogen-bond acceptors (Lipinski definition) is 8. The summed E-state index contributed by atoms with van der Waals surface area (Å²) in [5, 5.41) is 23.5. The predicted octanol–water partition coefficient (Wildman–Crippen LogP) is 1.05. The zero-order valence-corrected chi connectivity index (χ0v) is 13.3. The Morgan fingerprint density at radius 1 is 1.46 bits per heavy atom. The normalized spacial score (nSPS) is 22.4. The standard InChI is InChI=1S/C14H15F3N4O5/c15-14(16,17)26-11-2-1-8(3-10(11)22)4-18-9-5-20-6-12(21(23)24)19-13(20)25-7-9/h1-3,9,12,18,22H,4-7H2/t9-,12?/m0/s1. The van der Waals surface area contributed by atoms with Gasteiger partial charge in [0.15, 0.2) is 11.5 Å². The molecule has 2 atom stereocenters. The summed E-state index contributed by atoms with van der Waals surface area (Å²) >= 11 is 0. The number of halogens is 3. The van der Waals surface area contributed by atoms with E-state index in [0.717, 1.165) is 6.07 Å². The van der Waals surface area contributed by atoms with Crippen molar-refractivity contribution in [1.29, 1.82) is 0 Å². The van der Waals surface area contributed by atoms with Crippen molar-refractivity contribution < 1.29 is 32.7 Å². The van der Waals surface area contributed by atoms with Crippen LogP contribution in [0.15, 0.2) is 23.2 Å². The number of benzene rings is 1. The smallest absolute Gasteiger partial charge is 0.504 e. The van der Waals surface area contributed by atoms with Crippen molar-refractivity contribution in [2.45, 2.75) is 25.1 Å². The number of ether oxygens (including phenoxy) is 2. The van der Waals surface area contributed by atoms with Crippen molar-refractivity contribution in [3.8, 4) is 11.5 Å². The van der Waals surface area contributed by atoms with Crippen LogP contribution in [0.5, 0.6) is 11.5 Å². The lowest BCUT2D eigenvalue weighted by atomic mass is 10.1. The first-order valence-corrected chi connectivity index (χ1v) is 7.61. The molecule has 3 rings (SSSR count). The minimum atomic E-state index is -4.88. The van der Waals surface area contributed by atoms with E-state index in [4.69, 9.17) is 4.74 Å². The van der Waals surface area contributed by atoms with Gasteiger partial charge in [-0.15, -0.1) is 13.2 Å². The van der Waals surface area contributed by atoms with Gasteiger partial charge in [0.25, 0.3) is 6.02 Å². The maximum Gasteiger partial charge on any atom is 0.573 e. The number of amidine groups is 1. The van der Waals surface area contributed by atoms with Crippen LogP contribution in [0.4, 0.5) is 13.2 Å². The molecule has 0 saturated carbocycles. The topological polar surface area (TPSA) is 109 Å². The minimum absolute atomic E-state index is 0.130. The molecule has 0 aliphatic carbocycles. The molecule has 1 fully saturated rings. The molecule has 0 amide bonds. The summed E-state index contributed by atoms with van der Waals surface area (Å²) in [5.74, 6) is -1.30. The van der Waals surface area contributed by atoms with Gasteiger partial charge in [0.1, 0.15) is 13.2 Å². The second-order valence-electron chi connectivity index (χ2n) is 5.82. The Kier molecular flexibility index (Phi) is 4.76. The van der Waals surface area contributed by atoms with Gasteiger partial charge in [0.05, 0.1) is 6.04 Å². The summed E-state index contributed by atoms with van der Waals surface area (Å²) in [6.07, 6.45) is -5.92. The van der Waals surface area contributed by atoms with E-state index in [-0.39, 0.29) is 31.8 Å². The van der Waals surface area contributed by atoms with Gasteiger partial charge < -0.3 is 24.8 Å². The van der Waals surface area contributed by atoms with Gasteiger partial charge in [-0.05, 0) is 17.7 Å². The number of fused-ring (bicyclic) bond motifs is 1. The number of hydrogen-bond donors (Lipinski definition) is 2. The number of phenols is 1. The number of phenolic OH excluding ortho intramolecular Hbond substituents is 1. The second-order valence-corrected chi connectivity index (χ2v) is 5.82. The number of aliphatic imine (C=N–C) groups is 1. The van der Waals surface area contributed by atoms with Crippen LogP contribution in [0.1, 0.15) is 5.56 Å². The highest BCUT2D eigenvalue weighted by molar-refractivity contribution is 5.76. The van der Waals surface area contributed by atoms with E-state index in [1.807, 2.05) is 0 Å². The highest BCUT2D eigenvalue weighted by Gasteiger charge is 2.38. The maximum absolute atomic E-state index is 12.2. The zero-order valence-electron chi connectivity index (χ0n) is 13.3. The lowest BCUT2D eigenvalue weighted by Crippen LogP contribution is -2.51. The average Bonchev–Trinajstić information content (AvgIpc) is 2.97. The van der Waals surface area contributed by atoms with Crippen molar-refractivity contribution >= 4 is 6.02 Å². The molecule has 9 nitrogen and oxygen atoms in total. The monoisotopic (exact) mass is 376 g/mol. The summed E-state index contributed by atoms with van der Waals surface area (Å²) in [7, 11) is 0. The Bertz CT molecular complexity index is 727. The molecule has 2 aliphatic rings. The van der Waals surface area contributed by atoms with Crippen LogP contribution in [-0.4, -0.2) is 59.2 Å². The largest absolute Gasteiger partial charge is 0.573 e. The molecule has 0 spiro atoms. The van der Waals surface area contributed by atoms with Crippen molar-refractivity contribution in [2.75, 3.05) is 19.7 Å². The van der Waals surface area contributed by atoms with Gasteiger partial charge in [-0.2, -0.15) is 4.99 Å². The van der Waals surface area contributed by atoms with Crippen LogP contribution in [0, 0.1) is 10.1 Å². The van der Waals surface area contributed by atoms with E-state index in [2.05, 4.69) is 15.0 Å². The number of aromatic hydroxyl groups is 1. The van der Waals surface area contributed by atoms with Crippen LogP contribution in [0.25, 0.3) is 0 Å². The van der Waals surface area contributed by atoms with Crippen LogP contribution >= 0.6 is 0 Å². The first-order valence-electron chi connectivity index (χ1n) is 7.61. The quantitative estimate of drug-likeness (QED) is 0.584. The molecule has 26 heavy (non-hydrogen) atoms. The number of alkyl halides is 3. The number of nitrogens with zero attached hydrogens (tertiary/aromatic N) is 3. The van der Waals surface area contributed by atoms with Gasteiger partial charge in [-0.1, -0.05) is 6.07 Å². The molecule has 2 N–H and O–H groups in total. The molecule has 142 valence electrons. The Hall–Kier alpha value is -2.76. The summed E-state index contributed by atoms with van der Waals surface area (Å²) < 4.78 is 45.6. The maximum atomic E-state index is 12.2. The third-order valence-electron chi connectivity index (χ3n) is 3.86. The third kappa shape index (κ3) is 4.25. The Morgan fingerprint density at radius 2 is 2.23 bits per heavy atom. The predicted molar refractivity (Wildman–Crippen MR) is 81.2 cm³/mol. The third-order valence-corrected chi connectivity index (χ3v) is 3.86. The van der Waals surface area contributed by atoms with E-state index in [0.29, 0.717) is 12.1 Å². The van der Waals surface area contributed by atoms with Gasteiger partial charge in [0.2, 0.25) is 0 Å². The molecule has 12 heteroatoms. The van der Waals surface area contributed by atoms with Crippen LogP contribution in [-0.2, 0) is 11.3 Å². The lowest BCUT2D eigenvalue weighted by molar-refractivity contribution is -0.518. The number of nitrogens with one attached hydrogen (secondary N) is 1. The van der Waals surface area contributed by atoms with Gasteiger partial charge >= 0.3 is 12.5 Å². The molecule has 1 saturated heterocycles. The SMILES string of the molecule is O=[N+]([O-])C1CN2C[C@H](NCc3ccc(OC(F)(F)F)c(O)c3)COC2=N1. The van der Waals surface area contributed by atoms with Crippen molar-refractivity contribution in [3.63, 3.8) is 0 Å². The first-order chi connectivity index (χ1) is 12.2. The highest BCUT2D eigenvalue weighted by atomic mass is 19.4. The molecule has 1 aromatic rings. The summed E-state index contributed by atoms with van der Waals surface area (Å²) in [5.41, 5.74) is 0.543. The van der Waals surface area contributed by atoms with Crippen molar-refractivity contribution in [3.05, 3.63) is 33.9 Å². The molecule has 2 heterocycles. The minimum Gasteiger partial charge on any atom is -0.504 e. The van der Waals surface area contributed by atoms with E-state index in [1.165, 1.54) is 12.1 Å². The molecule has 1 unspecified atom stereocenters. The molecular formula is C14H15F3N4O5. The molecule has 0 aromatic heterocycles. The Balaban J connectivity index is 1.53. The summed E-state index contributed by atoms with van der Waals surface area (Å²) in [6.45, 7) is 1.09. The number of nitro groups is 1. The van der Waals surface area contributed by atoms with Crippen molar-refractivity contribution in [1.82, 2.24) is 10.2 Å². The molecule has 0 bridgehead atoms. The van der Waals surface area contributed by atoms with Gasteiger partial charge in [-0.25, -0.2) is 0 Å². The van der Waals surface area contributed by atoms with E-state index >= 15 is 0 Å². The fourth-order valence-corrected chi connectivity index (χ4v) is 2.68. The molecule has 0 radical (unpaired) electrons. The second kappa shape index (κ2) is 6.86. The fraction of sp³-hybridized carbons (Fsp3) is 0.500. The van der Waals surface area contributed by atoms with Crippen LogP contribution < -0.4 is 10.1 Å². The van der Waals surface area contributed by atoms with Crippen LogP contribution in [0.3, 0.4) is 0 Å². The molecule has 2 aliphatic heterocycles. The van der Waals surface area contributed by atoms with E-state index < -0.39 is 29.0 Å². The zero-order chi connectivity index (χ0) is 18.9. The highest BCUT2D eigenvalue weighted by Crippen LogP contribution is 2.31. The van der Waals surface area contributed by atoms with Crippen molar-refractivity contribution in [2.24, 2.45) is 4.99 Å². The van der Waals surface area contributed by atoms with Gasteiger partial charge in [-0.3, -0.25) is 10.1 Å². The molecule has 1 aromatic carbocycles. The fourth-order valence-electron chi connectivity index (χ4n) is 2.68. The van der Waals surface area contributed by atoms with Crippen LogP contribution in [0.2, 0.25) is 0 Å². The molecular weight excluding hydrogens is 361 g/mol. The summed E-state index contributed by atoms with van der Waals surface area (Å²) in [4.78, 5) is 15.8. The average molecular weight is 376 g/mol. The van der Waals surface area contributed by atoms with E-state index in [1.54, 1.807) is 4.90 Å². The van der Waals surface area contributed by atoms with E-state index in [9.17, 15) is 28.4 Å². The van der Waals surface area contributed by atoms with Gasteiger partial charge in [0, 0.05) is 18.0 Å². The summed E-state index contributed by atoms with van der Waals surface area (Å²) in [6, 6.07) is 3.68. The first kappa shape index (κ1) is 18.0. The lowest BCUT2D eigenvalue weighted by Gasteiger charge is -2.31. The number of rotatable bonds is 5. The Morgan fingerprint density at radius 3 is 2.88 bits per heavy atom.